The van der Waals surface area contributed by atoms with E-state index in [1.54, 1.807) is 25.5 Å². The maximum atomic E-state index is 13.0. The lowest BCUT2D eigenvalue weighted by Gasteiger charge is -2.36. The molecular formula is C26H22N4O3. The third-order valence-corrected chi connectivity index (χ3v) is 6.74. The number of anilines is 1. The number of ether oxygens (including phenoxy) is 1. The van der Waals surface area contributed by atoms with Crippen LogP contribution in [0.1, 0.15) is 24.8 Å². The lowest BCUT2D eigenvalue weighted by Crippen LogP contribution is -2.40. The summed E-state index contributed by atoms with van der Waals surface area (Å²) in [4.78, 5) is 25.1. The van der Waals surface area contributed by atoms with Gasteiger partial charge in [0.15, 0.2) is 5.75 Å². The second-order valence-electron chi connectivity index (χ2n) is 8.66. The van der Waals surface area contributed by atoms with Gasteiger partial charge in [0.05, 0.1) is 28.7 Å². The zero-order valence-electron chi connectivity index (χ0n) is 18.1. The molecule has 3 heterocycles. The molecule has 164 valence electrons. The Morgan fingerprint density at radius 3 is 2.58 bits per heavy atom. The number of nitrogens with zero attached hydrogens (tertiary/aromatic N) is 3. The molecule has 0 unspecified atom stereocenters. The Bertz CT molecular complexity index is 1450. The van der Waals surface area contributed by atoms with Crippen LogP contribution < -0.4 is 15.6 Å². The van der Waals surface area contributed by atoms with Crippen molar-refractivity contribution in [2.24, 2.45) is 7.05 Å². The molecule has 2 aromatic heterocycles. The highest BCUT2D eigenvalue weighted by molar-refractivity contribution is 6.09. The molecule has 1 spiro atoms. The smallest absolute Gasteiger partial charge is 0.253 e. The van der Waals surface area contributed by atoms with E-state index in [2.05, 4.69) is 16.5 Å². The Hall–Kier alpha value is -4.13. The summed E-state index contributed by atoms with van der Waals surface area (Å²) < 4.78 is 9.55. The fraction of sp³-hybridized carbons (Fsp3) is 0.192. The van der Waals surface area contributed by atoms with Crippen molar-refractivity contribution in [2.75, 3.05) is 5.32 Å². The minimum Gasteiger partial charge on any atom is -0.455 e. The molecular weight excluding hydrogens is 416 g/mol. The van der Waals surface area contributed by atoms with Crippen LogP contribution in [0.3, 0.4) is 0 Å². The summed E-state index contributed by atoms with van der Waals surface area (Å²) in [5, 5.41) is 7.58. The van der Waals surface area contributed by atoms with Gasteiger partial charge in [0.1, 0.15) is 5.75 Å². The van der Waals surface area contributed by atoms with Crippen molar-refractivity contribution in [3.63, 3.8) is 0 Å². The third kappa shape index (κ3) is 3.00. The molecule has 7 heteroatoms. The SMILES string of the molecule is Cn1ccc(Oc2cc(-c3ccnn3-c3ccccc3)cc3c2NC(=O)C32CCC2)cc1=O. The van der Waals surface area contributed by atoms with Gasteiger partial charge >= 0.3 is 0 Å². The molecule has 1 saturated carbocycles. The number of hydrogen-bond donors (Lipinski definition) is 1. The van der Waals surface area contributed by atoms with Crippen LogP contribution in [-0.2, 0) is 17.3 Å². The first-order valence-electron chi connectivity index (χ1n) is 11.0. The number of aryl methyl sites for hydroxylation is 1. The number of hydrogen-bond acceptors (Lipinski definition) is 4. The minimum atomic E-state index is -0.506. The van der Waals surface area contributed by atoms with Crippen molar-refractivity contribution < 1.29 is 9.53 Å². The Morgan fingerprint density at radius 1 is 1.03 bits per heavy atom. The number of rotatable bonds is 4. The summed E-state index contributed by atoms with van der Waals surface area (Å²) in [6.45, 7) is 0. The minimum absolute atomic E-state index is 0.0197. The van der Waals surface area contributed by atoms with Crippen molar-refractivity contribution >= 4 is 11.6 Å². The average molecular weight is 438 g/mol. The van der Waals surface area contributed by atoms with E-state index in [4.69, 9.17) is 4.74 Å². The number of amides is 1. The number of nitrogens with one attached hydrogen (secondary N) is 1. The lowest BCUT2D eigenvalue weighted by atomic mass is 9.65. The quantitative estimate of drug-likeness (QED) is 0.512. The number of benzene rings is 2. The molecule has 2 aromatic carbocycles. The van der Waals surface area contributed by atoms with Crippen LogP contribution in [0.25, 0.3) is 16.9 Å². The Morgan fingerprint density at radius 2 is 1.85 bits per heavy atom. The van der Waals surface area contributed by atoms with Crippen molar-refractivity contribution in [1.82, 2.24) is 14.3 Å². The van der Waals surface area contributed by atoms with Gasteiger partial charge < -0.3 is 14.6 Å². The lowest BCUT2D eigenvalue weighted by molar-refractivity contribution is -0.123. The molecule has 1 fully saturated rings. The number of carbonyl (C=O) groups excluding carboxylic acids is 1. The van der Waals surface area contributed by atoms with Gasteiger partial charge in [-0.2, -0.15) is 5.10 Å². The molecule has 1 amide bonds. The standard InChI is InChI=1S/C26H22N4O3/c1-29-13-9-19(16-23(29)31)33-22-15-17(14-20-24(22)28-25(32)26(20)10-5-11-26)21-8-12-27-30(21)18-6-3-2-4-7-18/h2-4,6-9,12-16H,5,10-11H2,1H3,(H,28,32). The first-order chi connectivity index (χ1) is 16.0. The van der Waals surface area contributed by atoms with E-state index in [0.29, 0.717) is 17.2 Å². The fourth-order valence-corrected chi connectivity index (χ4v) is 4.75. The number of aromatic nitrogens is 3. The zero-order chi connectivity index (χ0) is 22.6. The highest BCUT2D eigenvalue weighted by Gasteiger charge is 2.52. The molecule has 0 bridgehead atoms. The van der Waals surface area contributed by atoms with Crippen LogP contribution >= 0.6 is 0 Å². The molecule has 33 heavy (non-hydrogen) atoms. The summed E-state index contributed by atoms with van der Waals surface area (Å²) in [6.07, 6.45) is 6.08. The van der Waals surface area contributed by atoms with E-state index in [1.165, 1.54) is 10.6 Å². The van der Waals surface area contributed by atoms with Crippen molar-refractivity contribution in [2.45, 2.75) is 24.7 Å². The Labute approximate surface area is 190 Å². The van der Waals surface area contributed by atoms with Gasteiger partial charge in [-0.1, -0.05) is 24.6 Å². The zero-order valence-corrected chi connectivity index (χ0v) is 18.1. The van der Waals surface area contributed by atoms with Crippen LogP contribution in [0.15, 0.2) is 77.9 Å². The highest BCUT2D eigenvalue weighted by atomic mass is 16.5. The van der Waals surface area contributed by atoms with E-state index in [0.717, 1.165) is 41.8 Å². The van der Waals surface area contributed by atoms with Gasteiger partial charge in [-0.3, -0.25) is 9.59 Å². The van der Waals surface area contributed by atoms with Gasteiger partial charge in [0.25, 0.3) is 5.56 Å². The molecule has 2 aliphatic rings. The number of pyridine rings is 1. The van der Waals surface area contributed by atoms with Crippen LogP contribution in [0.2, 0.25) is 0 Å². The van der Waals surface area contributed by atoms with Gasteiger partial charge in [0, 0.05) is 24.9 Å². The first-order valence-corrected chi connectivity index (χ1v) is 11.0. The topological polar surface area (TPSA) is 78.2 Å². The molecule has 1 aliphatic carbocycles. The summed E-state index contributed by atoms with van der Waals surface area (Å²) in [5.74, 6) is 0.970. The highest BCUT2D eigenvalue weighted by Crippen LogP contribution is 2.55. The van der Waals surface area contributed by atoms with Gasteiger partial charge in [-0.15, -0.1) is 0 Å². The monoisotopic (exact) mass is 438 g/mol. The van der Waals surface area contributed by atoms with Gasteiger partial charge in [-0.05, 0) is 54.8 Å². The summed E-state index contributed by atoms with van der Waals surface area (Å²) >= 11 is 0. The van der Waals surface area contributed by atoms with E-state index < -0.39 is 5.41 Å². The average Bonchev–Trinajstić information content (AvgIpc) is 3.39. The fourth-order valence-electron chi connectivity index (χ4n) is 4.75. The first kappa shape index (κ1) is 19.5. The number of fused-ring (bicyclic) bond motifs is 2. The third-order valence-electron chi connectivity index (χ3n) is 6.74. The van der Waals surface area contributed by atoms with Crippen molar-refractivity contribution in [3.05, 3.63) is 89.0 Å². The van der Waals surface area contributed by atoms with E-state index in [-0.39, 0.29) is 11.5 Å². The van der Waals surface area contributed by atoms with Crippen molar-refractivity contribution in [3.8, 4) is 28.4 Å². The molecule has 4 aromatic rings. The Balaban J connectivity index is 1.52. The summed E-state index contributed by atoms with van der Waals surface area (Å²) in [6, 6.07) is 19.0. The maximum absolute atomic E-state index is 13.0. The van der Waals surface area contributed by atoms with E-state index >= 15 is 0 Å². The molecule has 1 N–H and O–H groups in total. The molecule has 0 radical (unpaired) electrons. The number of carbonyl (C=O) groups is 1. The molecule has 0 saturated heterocycles. The normalized spacial score (nSPS) is 15.7. The predicted molar refractivity (Wildman–Crippen MR) is 125 cm³/mol. The van der Waals surface area contributed by atoms with Crippen molar-refractivity contribution in [1.29, 1.82) is 0 Å². The molecule has 6 rings (SSSR count). The second-order valence-corrected chi connectivity index (χ2v) is 8.66. The van der Waals surface area contributed by atoms with Crippen LogP contribution in [0.5, 0.6) is 11.5 Å². The second kappa shape index (κ2) is 7.20. The molecule has 1 aliphatic heterocycles. The number of para-hydroxylation sites is 1. The van der Waals surface area contributed by atoms with Gasteiger partial charge in [-0.25, -0.2) is 4.68 Å². The predicted octanol–water partition coefficient (Wildman–Crippen LogP) is 4.40. The van der Waals surface area contributed by atoms with Gasteiger partial charge in [0.2, 0.25) is 5.91 Å². The maximum Gasteiger partial charge on any atom is 0.253 e. The van der Waals surface area contributed by atoms with Crippen LogP contribution in [-0.4, -0.2) is 20.3 Å². The van der Waals surface area contributed by atoms with E-state index in [1.807, 2.05) is 47.1 Å². The summed E-state index contributed by atoms with van der Waals surface area (Å²) in [7, 11) is 1.69. The molecule has 7 nitrogen and oxygen atoms in total. The Kier molecular flexibility index (Phi) is 4.26. The van der Waals surface area contributed by atoms with E-state index in [9.17, 15) is 9.59 Å². The van der Waals surface area contributed by atoms with Crippen LogP contribution in [0.4, 0.5) is 5.69 Å². The molecule has 0 atom stereocenters. The van der Waals surface area contributed by atoms with Crippen LogP contribution in [0, 0.1) is 0 Å². The largest absolute Gasteiger partial charge is 0.455 e. The summed E-state index contributed by atoms with van der Waals surface area (Å²) in [5.41, 5.74) is 3.71.